The van der Waals surface area contributed by atoms with Crippen LogP contribution in [0.1, 0.15) is 86.0 Å². The third-order valence-corrected chi connectivity index (χ3v) is 4.30. The van der Waals surface area contributed by atoms with Crippen LogP contribution in [0.5, 0.6) is 0 Å². The predicted molar refractivity (Wildman–Crippen MR) is 84.1 cm³/mol. The average Bonchev–Trinajstić information content (AvgIpc) is 2.36. The average molecular weight is 255 g/mol. The maximum absolute atomic E-state index is 3.68. The standard InChI is InChI=1S/C17H37N/c1-6-10-12-17(9-4,15-18-13-8-3)14-16(5)11-7-2/h16,18H,6-15H2,1-5H3. The molecule has 110 valence electrons. The Morgan fingerprint density at radius 2 is 1.72 bits per heavy atom. The van der Waals surface area contributed by atoms with Gasteiger partial charge in [-0.3, -0.25) is 0 Å². The van der Waals surface area contributed by atoms with E-state index in [0.29, 0.717) is 5.41 Å². The van der Waals surface area contributed by atoms with Crippen molar-refractivity contribution < 1.29 is 0 Å². The van der Waals surface area contributed by atoms with Gasteiger partial charge in [0, 0.05) is 6.54 Å². The molecule has 0 aliphatic heterocycles. The molecule has 2 unspecified atom stereocenters. The van der Waals surface area contributed by atoms with Gasteiger partial charge in [-0.25, -0.2) is 0 Å². The lowest BCUT2D eigenvalue weighted by atomic mass is 9.73. The topological polar surface area (TPSA) is 12.0 Å². The molecule has 0 aromatic heterocycles. The summed E-state index contributed by atoms with van der Waals surface area (Å²) in [4.78, 5) is 0. The summed E-state index contributed by atoms with van der Waals surface area (Å²) < 4.78 is 0. The van der Waals surface area contributed by atoms with Crippen LogP contribution < -0.4 is 5.32 Å². The molecule has 0 rings (SSSR count). The molecule has 0 spiro atoms. The van der Waals surface area contributed by atoms with E-state index in [4.69, 9.17) is 0 Å². The predicted octanol–water partition coefficient (Wildman–Crippen LogP) is 5.40. The second-order valence-corrected chi connectivity index (χ2v) is 6.23. The quantitative estimate of drug-likeness (QED) is 0.460. The Morgan fingerprint density at radius 3 is 2.22 bits per heavy atom. The molecule has 1 N–H and O–H groups in total. The van der Waals surface area contributed by atoms with E-state index >= 15 is 0 Å². The van der Waals surface area contributed by atoms with E-state index < -0.39 is 0 Å². The molecule has 0 aliphatic carbocycles. The third-order valence-electron chi connectivity index (χ3n) is 4.30. The van der Waals surface area contributed by atoms with Crippen molar-refractivity contribution in [3.05, 3.63) is 0 Å². The molecule has 0 aliphatic rings. The molecule has 0 saturated carbocycles. The molecule has 1 heteroatoms. The van der Waals surface area contributed by atoms with Crippen molar-refractivity contribution in [3.63, 3.8) is 0 Å². The highest BCUT2D eigenvalue weighted by molar-refractivity contribution is 4.82. The number of hydrogen-bond donors (Lipinski definition) is 1. The Labute approximate surface area is 116 Å². The SMILES string of the molecule is CCCCC(CC)(CNCCC)CC(C)CCC. The molecular formula is C17H37N. The van der Waals surface area contributed by atoms with Crippen molar-refractivity contribution in [3.8, 4) is 0 Å². The highest BCUT2D eigenvalue weighted by Gasteiger charge is 2.28. The van der Waals surface area contributed by atoms with Crippen molar-refractivity contribution in [2.24, 2.45) is 11.3 Å². The monoisotopic (exact) mass is 255 g/mol. The first-order chi connectivity index (χ1) is 8.64. The summed E-state index contributed by atoms with van der Waals surface area (Å²) in [6.07, 6.45) is 10.8. The molecule has 0 aromatic rings. The van der Waals surface area contributed by atoms with Gasteiger partial charge in [0.25, 0.3) is 0 Å². The molecule has 0 saturated heterocycles. The van der Waals surface area contributed by atoms with Gasteiger partial charge in [0.1, 0.15) is 0 Å². The molecule has 0 heterocycles. The van der Waals surface area contributed by atoms with E-state index in [9.17, 15) is 0 Å². The summed E-state index contributed by atoms with van der Waals surface area (Å²) >= 11 is 0. The summed E-state index contributed by atoms with van der Waals surface area (Å²) in [5, 5.41) is 3.68. The van der Waals surface area contributed by atoms with Crippen molar-refractivity contribution in [1.82, 2.24) is 5.32 Å². The van der Waals surface area contributed by atoms with Crippen LogP contribution in [0.25, 0.3) is 0 Å². The fourth-order valence-corrected chi connectivity index (χ4v) is 3.12. The van der Waals surface area contributed by atoms with Gasteiger partial charge >= 0.3 is 0 Å². The number of hydrogen-bond acceptors (Lipinski definition) is 1. The fraction of sp³-hybridized carbons (Fsp3) is 1.00. The number of rotatable bonds is 12. The van der Waals surface area contributed by atoms with E-state index in [-0.39, 0.29) is 0 Å². The first kappa shape index (κ1) is 18.0. The Balaban J connectivity index is 4.42. The van der Waals surface area contributed by atoms with Gasteiger partial charge < -0.3 is 5.32 Å². The molecule has 2 atom stereocenters. The Hall–Kier alpha value is -0.0400. The van der Waals surface area contributed by atoms with E-state index in [1.807, 2.05) is 0 Å². The lowest BCUT2D eigenvalue weighted by Gasteiger charge is -2.36. The zero-order chi connectivity index (χ0) is 13.9. The van der Waals surface area contributed by atoms with E-state index in [0.717, 1.165) is 5.92 Å². The third kappa shape index (κ3) is 7.41. The van der Waals surface area contributed by atoms with Gasteiger partial charge in [-0.1, -0.05) is 60.3 Å². The normalized spacial score (nSPS) is 16.5. The maximum atomic E-state index is 3.68. The van der Waals surface area contributed by atoms with Crippen molar-refractivity contribution >= 4 is 0 Å². The highest BCUT2D eigenvalue weighted by atomic mass is 14.9. The van der Waals surface area contributed by atoms with Crippen LogP contribution in [0.2, 0.25) is 0 Å². The number of nitrogens with one attached hydrogen (secondary N) is 1. The van der Waals surface area contributed by atoms with Crippen molar-refractivity contribution in [1.29, 1.82) is 0 Å². The van der Waals surface area contributed by atoms with E-state index in [2.05, 4.69) is 39.9 Å². The highest BCUT2D eigenvalue weighted by Crippen LogP contribution is 2.36. The largest absolute Gasteiger partial charge is 0.316 e. The van der Waals surface area contributed by atoms with Crippen LogP contribution >= 0.6 is 0 Å². The minimum Gasteiger partial charge on any atom is -0.316 e. The molecule has 0 bridgehead atoms. The Morgan fingerprint density at radius 1 is 1.00 bits per heavy atom. The van der Waals surface area contributed by atoms with Crippen LogP contribution in [0, 0.1) is 11.3 Å². The lowest BCUT2D eigenvalue weighted by molar-refractivity contribution is 0.175. The number of unbranched alkanes of at least 4 members (excludes halogenated alkanes) is 1. The second-order valence-electron chi connectivity index (χ2n) is 6.23. The first-order valence-electron chi connectivity index (χ1n) is 8.34. The minimum atomic E-state index is 0.555. The van der Waals surface area contributed by atoms with Gasteiger partial charge in [0.15, 0.2) is 0 Å². The fourth-order valence-electron chi connectivity index (χ4n) is 3.12. The van der Waals surface area contributed by atoms with Crippen LogP contribution in [0.3, 0.4) is 0 Å². The van der Waals surface area contributed by atoms with Crippen LogP contribution in [-0.2, 0) is 0 Å². The molecule has 0 amide bonds. The second kappa shape index (κ2) is 10.8. The van der Waals surface area contributed by atoms with Crippen LogP contribution in [0.4, 0.5) is 0 Å². The molecule has 0 radical (unpaired) electrons. The summed E-state index contributed by atoms with van der Waals surface area (Å²) in [7, 11) is 0. The van der Waals surface area contributed by atoms with Crippen LogP contribution in [-0.4, -0.2) is 13.1 Å². The molecule has 0 aromatic carbocycles. The smallest absolute Gasteiger partial charge is 0.000780 e. The van der Waals surface area contributed by atoms with Gasteiger partial charge in [-0.15, -0.1) is 0 Å². The Bertz CT molecular complexity index is 178. The van der Waals surface area contributed by atoms with E-state index in [1.54, 1.807) is 0 Å². The van der Waals surface area contributed by atoms with Gasteiger partial charge in [0.2, 0.25) is 0 Å². The van der Waals surface area contributed by atoms with Gasteiger partial charge in [-0.05, 0) is 43.6 Å². The zero-order valence-corrected chi connectivity index (χ0v) is 13.6. The summed E-state index contributed by atoms with van der Waals surface area (Å²) in [6, 6.07) is 0. The molecule has 0 fully saturated rings. The summed E-state index contributed by atoms with van der Waals surface area (Å²) in [6.45, 7) is 14.1. The van der Waals surface area contributed by atoms with Crippen molar-refractivity contribution in [2.75, 3.05) is 13.1 Å². The van der Waals surface area contributed by atoms with E-state index in [1.165, 1.54) is 64.5 Å². The Kier molecular flexibility index (Phi) is 10.8. The van der Waals surface area contributed by atoms with Gasteiger partial charge in [-0.2, -0.15) is 0 Å². The maximum Gasteiger partial charge on any atom is 0.000780 e. The summed E-state index contributed by atoms with van der Waals surface area (Å²) in [5.74, 6) is 0.884. The zero-order valence-electron chi connectivity index (χ0n) is 13.6. The molecule has 1 nitrogen and oxygen atoms in total. The van der Waals surface area contributed by atoms with Crippen molar-refractivity contribution in [2.45, 2.75) is 86.0 Å². The minimum absolute atomic E-state index is 0.555. The van der Waals surface area contributed by atoms with Gasteiger partial charge in [0.05, 0.1) is 0 Å². The molecule has 18 heavy (non-hydrogen) atoms. The lowest BCUT2D eigenvalue weighted by Crippen LogP contribution is -2.36. The summed E-state index contributed by atoms with van der Waals surface area (Å²) in [5.41, 5.74) is 0.555. The van der Waals surface area contributed by atoms with Crippen LogP contribution in [0.15, 0.2) is 0 Å². The molecular weight excluding hydrogens is 218 g/mol. The first-order valence-corrected chi connectivity index (χ1v) is 8.34.